The van der Waals surface area contributed by atoms with Gasteiger partial charge in [-0.05, 0) is 75.9 Å². The first-order valence-corrected chi connectivity index (χ1v) is 10.3. The van der Waals surface area contributed by atoms with E-state index in [0.717, 1.165) is 6.54 Å². The third kappa shape index (κ3) is 4.88. The van der Waals surface area contributed by atoms with Gasteiger partial charge in [0.15, 0.2) is 0 Å². The SMILES string of the molecule is CCOc1ccc(/C(O)=C2/C(=O)C(=O)N(CCCN(C)C)C2c2cccc(O)c2)cc1. The molecule has 0 saturated carbocycles. The minimum atomic E-state index is -0.777. The number of aliphatic hydroxyl groups is 1. The molecule has 7 nitrogen and oxygen atoms in total. The van der Waals surface area contributed by atoms with Crippen molar-refractivity contribution >= 4 is 17.4 Å². The van der Waals surface area contributed by atoms with Crippen LogP contribution in [0.5, 0.6) is 11.5 Å². The van der Waals surface area contributed by atoms with Crippen molar-refractivity contribution in [2.45, 2.75) is 19.4 Å². The highest BCUT2D eigenvalue weighted by atomic mass is 16.5. The summed E-state index contributed by atoms with van der Waals surface area (Å²) >= 11 is 0. The molecule has 1 unspecified atom stereocenters. The Bertz CT molecular complexity index is 982. The van der Waals surface area contributed by atoms with Crippen molar-refractivity contribution in [3.8, 4) is 11.5 Å². The number of amides is 1. The third-order valence-corrected chi connectivity index (χ3v) is 5.17. The smallest absolute Gasteiger partial charge is 0.295 e. The minimum Gasteiger partial charge on any atom is -0.508 e. The number of nitrogens with zero attached hydrogens (tertiary/aromatic N) is 2. The van der Waals surface area contributed by atoms with Gasteiger partial charge in [0.25, 0.3) is 11.7 Å². The number of Topliss-reactive ketones (excluding diaryl/α,β-unsaturated/α-hetero) is 1. The molecule has 0 aliphatic carbocycles. The van der Waals surface area contributed by atoms with Crippen molar-refractivity contribution in [1.29, 1.82) is 0 Å². The maximum absolute atomic E-state index is 13.0. The van der Waals surface area contributed by atoms with E-state index in [0.29, 0.717) is 36.4 Å². The molecular weight excluding hydrogens is 396 g/mol. The summed E-state index contributed by atoms with van der Waals surface area (Å²) in [6.45, 7) is 3.49. The van der Waals surface area contributed by atoms with Crippen molar-refractivity contribution in [2.24, 2.45) is 0 Å². The molecule has 0 aromatic heterocycles. The fourth-order valence-electron chi connectivity index (χ4n) is 3.74. The molecule has 1 heterocycles. The van der Waals surface area contributed by atoms with E-state index in [4.69, 9.17) is 4.74 Å². The van der Waals surface area contributed by atoms with Crippen LogP contribution in [-0.4, -0.2) is 65.5 Å². The van der Waals surface area contributed by atoms with E-state index < -0.39 is 17.7 Å². The van der Waals surface area contributed by atoms with E-state index in [2.05, 4.69) is 0 Å². The van der Waals surface area contributed by atoms with E-state index in [1.54, 1.807) is 36.4 Å². The average Bonchev–Trinajstić information content (AvgIpc) is 2.99. The number of likely N-dealkylation sites (tertiary alicyclic amines) is 1. The van der Waals surface area contributed by atoms with E-state index in [1.807, 2.05) is 25.9 Å². The standard InChI is InChI=1S/C24H28N2O5/c1-4-31-19-11-9-16(10-12-19)22(28)20-21(17-7-5-8-18(27)15-17)26(24(30)23(20)29)14-6-13-25(2)3/h5,7-12,15,21,27-28H,4,6,13-14H2,1-3H3/b22-20-. The fraction of sp³-hybridized carbons (Fsp3) is 0.333. The van der Waals surface area contributed by atoms with Crippen LogP contribution >= 0.6 is 0 Å². The predicted molar refractivity (Wildman–Crippen MR) is 118 cm³/mol. The van der Waals surface area contributed by atoms with Crippen LogP contribution in [0.2, 0.25) is 0 Å². The molecule has 3 rings (SSSR count). The van der Waals surface area contributed by atoms with Crippen LogP contribution in [0, 0.1) is 0 Å². The summed E-state index contributed by atoms with van der Waals surface area (Å²) < 4.78 is 5.43. The number of carbonyl (C=O) groups excluding carboxylic acids is 2. The van der Waals surface area contributed by atoms with Crippen molar-refractivity contribution in [3.63, 3.8) is 0 Å². The van der Waals surface area contributed by atoms with E-state index in [1.165, 1.54) is 17.0 Å². The van der Waals surface area contributed by atoms with Crippen molar-refractivity contribution in [2.75, 3.05) is 33.8 Å². The lowest BCUT2D eigenvalue weighted by molar-refractivity contribution is -0.139. The van der Waals surface area contributed by atoms with Gasteiger partial charge in [-0.2, -0.15) is 0 Å². The normalized spacial score (nSPS) is 18.1. The Balaban J connectivity index is 2.05. The first kappa shape index (κ1) is 22.4. The zero-order valence-electron chi connectivity index (χ0n) is 18.0. The molecule has 1 amide bonds. The van der Waals surface area contributed by atoms with Gasteiger partial charge in [0.1, 0.15) is 17.3 Å². The number of rotatable bonds is 8. The molecule has 7 heteroatoms. The summed E-state index contributed by atoms with van der Waals surface area (Å²) in [4.78, 5) is 29.3. The molecule has 2 aromatic carbocycles. The molecular formula is C24H28N2O5. The molecule has 31 heavy (non-hydrogen) atoms. The van der Waals surface area contributed by atoms with Crippen LogP contribution in [0.25, 0.3) is 5.76 Å². The van der Waals surface area contributed by atoms with Crippen LogP contribution in [0.15, 0.2) is 54.1 Å². The number of aliphatic hydroxyl groups excluding tert-OH is 1. The minimum absolute atomic E-state index is 0.0182. The highest BCUT2D eigenvalue weighted by Gasteiger charge is 2.45. The molecule has 1 fully saturated rings. The van der Waals surface area contributed by atoms with Gasteiger partial charge < -0.3 is 24.7 Å². The lowest BCUT2D eigenvalue weighted by atomic mass is 9.95. The Morgan fingerprint density at radius 3 is 2.45 bits per heavy atom. The van der Waals surface area contributed by atoms with Gasteiger partial charge >= 0.3 is 0 Å². The maximum atomic E-state index is 13.0. The van der Waals surface area contributed by atoms with Crippen molar-refractivity contribution in [3.05, 3.63) is 65.2 Å². The Labute approximate surface area is 182 Å². The summed E-state index contributed by atoms with van der Waals surface area (Å²) in [5, 5.41) is 21.0. The Hall–Kier alpha value is -3.32. The third-order valence-electron chi connectivity index (χ3n) is 5.17. The number of carbonyl (C=O) groups is 2. The molecule has 2 N–H and O–H groups in total. The van der Waals surface area contributed by atoms with E-state index in [-0.39, 0.29) is 17.1 Å². The topological polar surface area (TPSA) is 90.3 Å². The second-order valence-electron chi connectivity index (χ2n) is 7.70. The Morgan fingerprint density at radius 1 is 1.13 bits per heavy atom. The maximum Gasteiger partial charge on any atom is 0.295 e. The predicted octanol–water partition coefficient (Wildman–Crippen LogP) is 3.16. The largest absolute Gasteiger partial charge is 0.508 e. The Kier molecular flexibility index (Phi) is 6.97. The molecule has 0 radical (unpaired) electrons. The highest BCUT2D eigenvalue weighted by molar-refractivity contribution is 6.46. The van der Waals surface area contributed by atoms with Gasteiger partial charge in [0.2, 0.25) is 0 Å². The Morgan fingerprint density at radius 2 is 1.84 bits per heavy atom. The van der Waals surface area contributed by atoms with Gasteiger partial charge in [0.05, 0.1) is 18.2 Å². The van der Waals surface area contributed by atoms with Gasteiger partial charge in [-0.15, -0.1) is 0 Å². The first-order chi connectivity index (χ1) is 14.8. The summed E-state index contributed by atoms with van der Waals surface area (Å²) in [5.41, 5.74) is 1.00. The summed E-state index contributed by atoms with van der Waals surface area (Å²) in [7, 11) is 3.87. The number of hydrogen-bond donors (Lipinski definition) is 2. The molecule has 1 saturated heterocycles. The van der Waals surface area contributed by atoms with Crippen molar-refractivity contribution < 1.29 is 24.5 Å². The summed E-state index contributed by atoms with van der Waals surface area (Å²) in [6.07, 6.45) is 0.665. The summed E-state index contributed by atoms with van der Waals surface area (Å²) in [6, 6.07) is 12.4. The monoisotopic (exact) mass is 424 g/mol. The highest BCUT2D eigenvalue weighted by Crippen LogP contribution is 2.40. The first-order valence-electron chi connectivity index (χ1n) is 10.3. The average molecular weight is 424 g/mol. The number of ether oxygens (including phenoxy) is 1. The fourth-order valence-corrected chi connectivity index (χ4v) is 3.74. The lowest BCUT2D eigenvalue weighted by Gasteiger charge is -2.26. The van der Waals surface area contributed by atoms with E-state index >= 15 is 0 Å². The number of ketones is 1. The zero-order valence-corrected chi connectivity index (χ0v) is 18.0. The molecule has 0 spiro atoms. The van der Waals surface area contributed by atoms with Gasteiger partial charge in [-0.1, -0.05) is 12.1 Å². The zero-order chi connectivity index (χ0) is 22.5. The molecule has 1 atom stereocenters. The lowest BCUT2D eigenvalue weighted by Crippen LogP contribution is -2.32. The number of hydrogen-bond acceptors (Lipinski definition) is 6. The van der Waals surface area contributed by atoms with Crippen LogP contribution in [-0.2, 0) is 9.59 Å². The number of phenols is 1. The second-order valence-corrected chi connectivity index (χ2v) is 7.70. The number of aromatic hydroxyl groups is 1. The molecule has 2 aromatic rings. The van der Waals surface area contributed by atoms with Crippen molar-refractivity contribution in [1.82, 2.24) is 9.80 Å². The molecule has 0 bridgehead atoms. The van der Waals surface area contributed by atoms with Gasteiger partial charge in [0, 0.05) is 12.1 Å². The molecule has 1 aliphatic rings. The number of phenolic OH excluding ortho intramolecular Hbond substituents is 1. The molecule has 1 aliphatic heterocycles. The molecule has 164 valence electrons. The van der Waals surface area contributed by atoms with E-state index in [9.17, 15) is 19.8 Å². The van der Waals surface area contributed by atoms with Gasteiger partial charge in [-0.3, -0.25) is 9.59 Å². The van der Waals surface area contributed by atoms with Gasteiger partial charge in [-0.25, -0.2) is 0 Å². The second kappa shape index (κ2) is 9.66. The summed E-state index contributed by atoms with van der Waals surface area (Å²) in [5.74, 6) is -0.959. The van der Waals surface area contributed by atoms with Crippen LogP contribution in [0.3, 0.4) is 0 Å². The number of benzene rings is 2. The quantitative estimate of drug-likeness (QED) is 0.384. The van der Waals surface area contributed by atoms with Crippen LogP contribution in [0.1, 0.15) is 30.5 Å². The van der Waals surface area contributed by atoms with Crippen LogP contribution in [0.4, 0.5) is 0 Å². The van der Waals surface area contributed by atoms with Crippen LogP contribution < -0.4 is 4.74 Å².